The fourth-order valence-electron chi connectivity index (χ4n) is 3.52. The molecule has 1 aliphatic heterocycles. The van der Waals surface area contributed by atoms with Gasteiger partial charge in [0.2, 0.25) is 18.2 Å². The SMILES string of the molecule is CNCC(=O)NC(C)CCOC1CC(C)(C)C(C(=O)NCCC(C)C)N1C=O. The van der Waals surface area contributed by atoms with Gasteiger partial charge in [0.05, 0.1) is 13.2 Å². The summed E-state index contributed by atoms with van der Waals surface area (Å²) >= 11 is 0. The molecule has 0 aromatic carbocycles. The number of amides is 3. The summed E-state index contributed by atoms with van der Waals surface area (Å²) in [5.41, 5.74) is -0.375. The summed E-state index contributed by atoms with van der Waals surface area (Å²) in [7, 11) is 1.72. The average molecular weight is 399 g/mol. The number of carbonyl (C=O) groups is 3. The number of carbonyl (C=O) groups excluding carboxylic acids is 3. The molecule has 1 aliphatic rings. The van der Waals surface area contributed by atoms with Gasteiger partial charge in [0.15, 0.2) is 0 Å². The molecular weight excluding hydrogens is 360 g/mol. The van der Waals surface area contributed by atoms with Gasteiger partial charge in [-0.05, 0) is 44.6 Å². The highest BCUT2D eigenvalue weighted by molar-refractivity contribution is 5.85. The molecule has 0 aromatic heterocycles. The summed E-state index contributed by atoms with van der Waals surface area (Å²) in [4.78, 5) is 37.5. The molecule has 3 amide bonds. The Labute approximate surface area is 169 Å². The third-order valence-corrected chi connectivity index (χ3v) is 5.07. The smallest absolute Gasteiger partial charge is 0.243 e. The van der Waals surface area contributed by atoms with Crippen molar-refractivity contribution in [2.75, 3.05) is 26.7 Å². The first-order valence-corrected chi connectivity index (χ1v) is 10.2. The Kier molecular flexibility index (Phi) is 9.89. The Bertz CT molecular complexity index is 524. The molecule has 3 N–H and O–H groups in total. The molecule has 28 heavy (non-hydrogen) atoms. The van der Waals surface area contributed by atoms with Gasteiger partial charge < -0.3 is 25.6 Å². The minimum atomic E-state index is -0.546. The Morgan fingerprint density at radius 3 is 2.50 bits per heavy atom. The molecule has 0 spiro atoms. The van der Waals surface area contributed by atoms with Gasteiger partial charge in [-0.3, -0.25) is 14.4 Å². The van der Waals surface area contributed by atoms with E-state index in [1.165, 1.54) is 4.90 Å². The van der Waals surface area contributed by atoms with Gasteiger partial charge in [-0.25, -0.2) is 0 Å². The van der Waals surface area contributed by atoms with E-state index in [1.54, 1.807) is 7.05 Å². The second kappa shape index (κ2) is 11.4. The van der Waals surface area contributed by atoms with Crippen LogP contribution in [0.5, 0.6) is 0 Å². The molecule has 162 valence electrons. The van der Waals surface area contributed by atoms with E-state index in [1.807, 2.05) is 20.8 Å². The Morgan fingerprint density at radius 2 is 1.93 bits per heavy atom. The number of hydrogen-bond acceptors (Lipinski definition) is 5. The predicted molar refractivity (Wildman–Crippen MR) is 108 cm³/mol. The molecule has 1 heterocycles. The molecule has 0 aliphatic carbocycles. The Morgan fingerprint density at radius 1 is 1.25 bits per heavy atom. The molecule has 0 bridgehead atoms. The maximum atomic E-state index is 12.7. The zero-order valence-corrected chi connectivity index (χ0v) is 18.2. The van der Waals surface area contributed by atoms with Crippen LogP contribution in [0, 0.1) is 11.3 Å². The van der Waals surface area contributed by atoms with Crippen molar-refractivity contribution in [1.29, 1.82) is 0 Å². The van der Waals surface area contributed by atoms with Crippen molar-refractivity contribution in [1.82, 2.24) is 20.9 Å². The maximum Gasteiger partial charge on any atom is 0.243 e. The van der Waals surface area contributed by atoms with E-state index in [0.29, 0.717) is 38.3 Å². The van der Waals surface area contributed by atoms with Crippen molar-refractivity contribution in [3.63, 3.8) is 0 Å². The zero-order chi connectivity index (χ0) is 21.3. The number of nitrogens with one attached hydrogen (secondary N) is 3. The number of hydrogen-bond donors (Lipinski definition) is 3. The van der Waals surface area contributed by atoms with E-state index in [0.717, 1.165) is 6.42 Å². The zero-order valence-electron chi connectivity index (χ0n) is 18.2. The van der Waals surface area contributed by atoms with Crippen LogP contribution in [-0.2, 0) is 19.1 Å². The standard InChI is InChI=1S/C20H38N4O4/c1-14(2)7-9-22-19(27)18-20(4,5)11-17(24(18)13-25)28-10-8-15(3)23-16(26)12-21-6/h13-15,17-18,21H,7-12H2,1-6H3,(H,22,27)(H,23,26). The van der Waals surface area contributed by atoms with E-state index in [9.17, 15) is 14.4 Å². The monoisotopic (exact) mass is 398 g/mol. The summed E-state index contributed by atoms with van der Waals surface area (Å²) < 4.78 is 5.93. The molecule has 0 saturated carbocycles. The summed E-state index contributed by atoms with van der Waals surface area (Å²) in [6.07, 6.45) is 2.40. The van der Waals surface area contributed by atoms with E-state index >= 15 is 0 Å². The van der Waals surface area contributed by atoms with Gasteiger partial charge in [0, 0.05) is 12.6 Å². The maximum absolute atomic E-state index is 12.7. The van der Waals surface area contributed by atoms with Crippen molar-refractivity contribution in [2.24, 2.45) is 11.3 Å². The van der Waals surface area contributed by atoms with Crippen LogP contribution in [-0.4, -0.2) is 68.2 Å². The first-order valence-electron chi connectivity index (χ1n) is 10.2. The van der Waals surface area contributed by atoms with Gasteiger partial charge in [0.1, 0.15) is 12.3 Å². The lowest BCUT2D eigenvalue weighted by molar-refractivity contribution is -0.142. The normalized spacial score (nSPS) is 22.2. The van der Waals surface area contributed by atoms with Gasteiger partial charge in [-0.2, -0.15) is 0 Å². The highest BCUT2D eigenvalue weighted by Crippen LogP contribution is 2.40. The number of likely N-dealkylation sites (tertiary alicyclic amines) is 1. The van der Waals surface area contributed by atoms with Crippen LogP contribution in [0.4, 0.5) is 0 Å². The van der Waals surface area contributed by atoms with Crippen molar-refractivity contribution in [3.05, 3.63) is 0 Å². The second-order valence-corrected chi connectivity index (χ2v) is 8.73. The molecule has 1 rings (SSSR count). The Hall–Kier alpha value is -1.67. The quantitative estimate of drug-likeness (QED) is 0.424. The lowest BCUT2D eigenvalue weighted by atomic mass is 9.84. The molecule has 8 heteroatoms. The second-order valence-electron chi connectivity index (χ2n) is 8.73. The predicted octanol–water partition coefficient (Wildman–Crippen LogP) is 0.863. The third-order valence-electron chi connectivity index (χ3n) is 5.07. The lowest BCUT2D eigenvalue weighted by Gasteiger charge is -2.30. The van der Waals surface area contributed by atoms with E-state index in [4.69, 9.17) is 4.74 Å². The number of rotatable bonds is 12. The van der Waals surface area contributed by atoms with Crippen molar-refractivity contribution in [2.45, 2.75) is 72.2 Å². The highest BCUT2D eigenvalue weighted by Gasteiger charge is 2.50. The molecule has 1 saturated heterocycles. The van der Waals surface area contributed by atoms with E-state index < -0.39 is 12.3 Å². The molecule has 0 aromatic rings. The minimum absolute atomic E-state index is 0.0323. The number of ether oxygens (including phenoxy) is 1. The number of likely N-dealkylation sites (N-methyl/N-ethyl adjacent to an activating group) is 1. The molecule has 1 fully saturated rings. The third kappa shape index (κ3) is 7.39. The van der Waals surface area contributed by atoms with Crippen LogP contribution in [0.15, 0.2) is 0 Å². The van der Waals surface area contributed by atoms with Crippen LogP contribution < -0.4 is 16.0 Å². The van der Waals surface area contributed by atoms with Gasteiger partial charge in [-0.15, -0.1) is 0 Å². The molecule has 8 nitrogen and oxygen atoms in total. The summed E-state index contributed by atoms with van der Waals surface area (Å²) in [5, 5.41) is 8.64. The fraction of sp³-hybridized carbons (Fsp3) is 0.850. The van der Waals surface area contributed by atoms with E-state index in [-0.39, 0.29) is 29.8 Å². The lowest BCUT2D eigenvalue weighted by Crippen LogP contribution is -2.50. The van der Waals surface area contributed by atoms with Gasteiger partial charge in [-0.1, -0.05) is 27.7 Å². The van der Waals surface area contributed by atoms with E-state index in [2.05, 4.69) is 29.8 Å². The van der Waals surface area contributed by atoms with Crippen LogP contribution in [0.25, 0.3) is 0 Å². The van der Waals surface area contributed by atoms with Crippen LogP contribution >= 0.6 is 0 Å². The highest BCUT2D eigenvalue weighted by atomic mass is 16.5. The summed E-state index contributed by atoms with van der Waals surface area (Å²) in [6.45, 7) is 11.4. The van der Waals surface area contributed by atoms with Crippen LogP contribution in [0.3, 0.4) is 0 Å². The van der Waals surface area contributed by atoms with Gasteiger partial charge >= 0.3 is 0 Å². The first kappa shape index (κ1) is 24.4. The molecule has 3 unspecified atom stereocenters. The molecular formula is C20H38N4O4. The van der Waals surface area contributed by atoms with Gasteiger partial charge in [0.25, 0.3) is 0 Å². The average Bonchev–Trinajstić information content (AvgIpc) is 2.84. The van der Waals surface area contributed by atoms with Crippen molar-refractivity contribution < 1.29 is 19.1 Å². The molecule has 3 atom stereocenters. The largest absolute Gasteiger partial charge is 0.358 e. The van der Waals surface area contributed by atoms with Crippen LogP contribution in [0.1, 0.15) is 53.9 Å². The van der Waals surface area contributed by atoms with Crippen molar-refractivity contribution in [3.8, 4) is 0 Å². The Balaban J connectivity index is 2.58. The topological polar surface area (TPSA) is 99.8 Å². The molecule has 0 radical (unpaired) electrons. The minimum Gasteiger partial charge on any atom is -0.358 e. The number of nitrogens with zero attached hydrogens (tertiary/aromatic N) is 1. The fourth-order valence-corrected chi connectivity index (χ4v) is 3.52. The summed E-state index contributed by atoms with van der Waals surface area (Å²) in [6, 6.07) is -0.579. The van der Waals surface area contributed by atoms with Crippen molar-refractivity contribution >= 4 is 18.2 Å². The summed E-state index contributed by atoms with van der Waals surface area (Å²) in [5.74, 6) is 0.312. The first-order chi connectivity index (χ1) is 13.1. The van der Waals surface area contributed by atoms with Crippen LogP contribution in [0.2, 0.25) is 0 Å².